The van der Waals surface area contributed by atoms with Crippen LogP contribution in [0.2, 0.25) is 0 Å². The molecule has 2 aromatic rings. The van der Waals surface area contributed by atoms with Crippen LogP contribution in [0.25, 0.3) is 11.0 Å². The van der Waals surface area contributed by atoms with Gasteiger partial charge in [-0.15, -0.1) is 0 Å². The largest absolute Gasteiger partial charge is 0.329 e. The molecule has 1 aromatic carbocycles. The second-order valence-electron chi connectivity index (χ2n) is 7.05. The summed E-state index contributed by atoms with van der Waals surface area (Å²) in [6.07, 6.45) is 7.75. The Balaban J connectivity index is 1.78. The number of hydrogen-bond acceptors (Lipinski definition) is 3. The number of aryl methyl sites for hydroxylation is 1. The Kier molecular flexibility index (Phi) is 3.98. The molecule has 1 aliphatic heterocycles. The standard InChI is InChI=1S/C19H22N3O3/c1-21-16-11-13(12-5-3-2-4-6-12)7-8-14(16)22(19(21)25)15-9-10-17(23)20-18(15)24/h5,7-8,11-12,15H,2-4,6,9-10H2,1H3,(H,20,23,24). The van der Waals surface area contributed by atoms with Crippen LogP contribution in [0.5, 0.6) is 0 Å². The van der Waals surface area contributed by atoms with Gasteiger partial charge in [0.05, 0.1) is 11.0 Å². The number of carbonyl (C=O) groups is 2. The monoisotopic (exact) mass is 340 g/mol. The zero-order chi connectivity index (χ0) is 17.6. The van der Waals surface area contributed by atoms with E-state index in [1.54, 1.807) is 11.6 Å². The van der Waals surface area contributed by atoms with Crippen molar-refractivity contribution in [3.05, 3.63) is 40.7 Å². The summed E-state index contributed by atoms with van der Waals surface area (Å²) in [4.78, 5) is 36.4. The second kappa shape index (κ2) is 6.17. The predicted molar refractivity (Wildman–Crippen MR) is 94.1 cm³/mol. The first-order valence-electron chi connectivity index (χ1n) is 8.94. The molecule has 1 N–H and O–H groups in total. The zero-order valence-electron chi connectivity index (χ0n) is 14.3. The maximum atomic E-state index is 12.8. The normalized spacial score (nSPS) is 22.4. The van der Waals surface area contributed by atoms with Gasteiger partial charge in [0, 0.05) is 13.5 Å². The van der Waals surface area contributed by atoms with Crippen LogP contribution in [0.15, 0.2) is 23.0 Å². The zero-order valence-corrected chi connectivity index (χ0v) is 14.3. The average Bonchev–Trinajstić information content (AvgIpc) is 2.87. The number of piperidine rings is 1. The van der Waals surface area contributed by atoms with Crippen molar-refractivity contribution >= 4 is 22.8 Å². The number of nitrogens with zero attached hydrogens (tertiary/aromatic N) is 2. The van der Waals surface area contributed by atoms with Crippen molar-refractivity contribution in [3.63, 3.8) is 0 Å². The summed E-state index contributed by atoms with van der Waals surface area (Å²) in [5, 5.41) is 2.34. The minimum atomic E-state index is -0.624. The summed E-state index contributed by atoms with van der Waals surface area (Å²) in [7, 11) is 1.74. The van der Waals surface area contributed by atoms with Gasteiger partial charge in [-0.3, -0.25) is 24.0 Å². The Morgan fingerprint density at radius 2 is 1.92 bits per heavy atom. The van der Waals surface area contributed by atoms with Gasteiger partial charge in [0.2, 0.25) is 11.8 Å². The van der Waals surface area contributed by atoms with E-state index in [-0.39, 0.29) is 18.0 Å². The van der Waals surface area contributed by atoms with Crippen LogP contribution < -0.4 is 11.0 Å². The van der Waals surface area contributed by atoms with E-state index < -0.39 is 11.9 Å². The van der Waals surface area contributed by atoms with Crippen molar-refractivity contribution in [3.8, 4) is 0 Å². The molecule has 2 fully saturated rings. The fourth-order valence-corrected chi connectivity index (χ4v) is 4.09. The number of nitrogens with one attached hydrogen (secondary N) is 1. The highest BCUT2D eigenvalue weighted by molar-refractivity contribution is 6.00. The lowest BCUT2D eigenvalue weighted by Gasteiger charge is -2.23. The van der Waals surface area contributed by atoms with Gasteiger partial charge in [0.1, 0.15) is 6.04 Å². The SMILES string of the molecule is Cn1c(=O)n(C2CCC(=O)NC2=O)c2ccc(C3[CH]CCCC3)cc21. The van der Waals surface area contributed by atoms with E-state index in [0.29, 0.717) is 12.3 Å². The second-order valence-corrected chi connectivity index (χ2v) is 7.05. The van der Waals surface area contributed by atoms with Crippen molar-refractivity contribution < 1.29 is 9.59 Å². The maximum Gasteiger partial charge on any atom is 0.329 e. The number of imidazole rings is 1. The van der Waals surface area contributed by atoms with Gasteiger partial charge in [-0.1, -0.05) is 18.9 Å². The summed E-state index contributed by atoms with van der Waals surface area (Å²) < 4.78 is 3.14. The Hall–Kier alpha value is -2.37. The number of carbonyl (C=O) groups excluding carboxylic acids is 2. The minimum Gasteiger partial charge on any atom is -0.295 e. The molecule has 4 rings (SSSR count). The van der Waals surface area contributed by atoms with Gasteiger partial charge in [-0.25, -0.2) is 4.79 Å². The van der Waals surface area contributed by atoms with E-state index in [9.17, 15) is 14.4 Å². The van der Waals surface area contributed by atoms with Crippen LogP contribution in [-0.4, -0.2) is 20.9 Å². The Bertz CT molecular complexity index is 903. The fraction of sp³-hybridized carbons (Fsp3) is 0.474. The van der Waals surface area contributed by atoms with Gasteiger partial charge >= 0.3 is 5.69 Å². The van der Waals surface area contributed by atoms with E-state index >= 15 is 0 Å². The number of rotatable bonds is 2. The molecule has 6 nitrogen and oxygen atoms in total. The molecule has 1 aliphatic carbocycles. The third kappa shape index (κ3) is 2.69. The average molecular weight is 340 g/mol. The van der Waals surface area contributed by atoms with Crippen molar-refractivity contribution in [1.82, 2.24) is 14.5 Å². The molecular weight excluding hydrogens is 318 g/mol. The molecule has 2 aliphatic rings. The van der Waals surface area contributed by atoms with Gasteiger partial charge in [0.15, 0.2) is 0 Å². The Morgan fingerprint density at radius 3 is 2.64 bits per heavy atom. The molecule has 1 aromatic heterocycles. The molecule has 2 amide bonds. The number of benzene rings is 1. The predicted octanol–water partition coefficient (Wildman–Crippen LogP) is 2.18. The lowest BCUT2D eigenvalue weighted by molar-refractivity contribution is -0.135. The molecule has 25 heavy (non-hydrogen) atoms. The molecule has 2 unspecified atom stereocenters. The van der Waals surface area contributed by atoms with Crippen LogP contribution in [0.4, 0.5) is 0 Å². The topological polar surface area (TPSA) is 73.1 Å². The molecule has 6 heteroatoms. The summed E-state index contributed by atoms with van der Waals surface area (Å²) in [6, 6.07) is 5.46. The molecular formula is C19H22N3O3. The fourth-order valence-electron chi connectivity index (χ4n) is 4.09. The van der Waals surface area contributed by atoms with E-state index in [2.05, 4.69) is 23.9 Å². The van der Waals surface area contributed by atoms with Crippen LogP contribution in [0, 0.1) is 6.42 Å². The number of fused-ring (bicyclic) bond motifs is 1. The van der Waals surface area contributed by atoms with Crippen molar-refractivity contribution in [1.29, 1.82) is 0 Å². The molecule has 2 heterocycles. The third-order valence-electron chi connectivity index (χ3n) is 5.48. The van der Waals surface area contributed by atoms with E-state index in [1.165, 1.54) is 23.0 Å². The first kappa shape index (κ1) is 16.1. The highest BCUT2D eigenvalue weighted by Gasteiger charge is 2.31. The maximum absolute atomic E-state index is 12.8. The molecule has 1 radical (unpaired) electrons. The molecule has 2 atom stereocenters. The number of amides is 2. The lowest BCUT2D eigenvalue weighted by Crippen LogP contribution is -2.44. The van der Waals surface area contributed by atoms with Crippen LogP contribution in [-0.2, 0) is 16.6 Å². The third-order valence-corrected chi connectivity index (χ3v) is 5.48. The van der Waals surface area contributed by atoms with Crippen molar-refractivity contribution in [2.24, 2.45) is 7.05 Å². The highest BCUT2D eigenvalue weighted by atomic mass is 16.2. The summed E-state index contributed by atoms with van der Waals surface area (Å²) in [5.74, 6) is -0.229. The molecule has 1 saturated heterocycles. The summed E-state index contributed by atoms with van der Waals surface area (Å²) >= 11 is 0. The quantitative estimate of drug-likeness (QED) is 0.852. The van der Waals surface area contributed by atoms with Crippen molar-refractivity contribution in [2.75, 3.05) is 0 Å². The highest BCUT2D eigenvalue weighted by Crippen LogP contribution is 2.33. The van der Waals surface area contributed by atoms with Gasteiger partial charge in [0.25, 0.3) is 0 Å². The Labute approximate surface area is 145 Å². The van der Waals surface area contributed by atoms with E-state index in [4.69, 9.17) is 0 Å². The number of aromatic nitrogens is 2. The van der Waals surface area contributed by atoms with Gasteiger partial charge in [-0.05, 0) is 49.3 Å². The molecule has 0 spiro atoms. The van der Waals surface area contributed by atoms with E-state index in [0.717, 1.165) is 23.9 Å². The first-order valence-corrected chi connectivity index (χ1v) is 8.94. The van der Waals surface area contributed by atoms with Crippen LogP contribution in [0.3, 0.4) is 0 Å². The molecule has 131 valence electrons. The smallest absolute Gasteiger partial charge is 0.295 e. The minimum absolute atomic E-state index is 0.214. The van der Waals surface area contributed by atoms with E-state index in [1.807, 2.05) is 6.07 Å². The number of hydrogen-bond donors (Lipinski definition) is 1. The Morgan fingerprint density at radius 1 is 1.08 bits per heavy atom. The summed E-state index contributed by atoms with van der Waals surface area (Å²) in [6.45, 7) is 0. The molecule has 1 saturated carbocycles. The summed E-state index contributed by atoms with van der Waals surface area (Å²) in [5.41, 5.74) is 2.60. The first-order chi connectivity index (χ1) is 12.1. The van der Waals surface area contributed by atoms with Gasteiger partial charge in [-0.2, -0.15) is 0 Å². The number of imide groups is 1. The molecule has 0 bridgehead atoms. The lowest BCUT2D eigenvalue weighted by atomic mass is 9.84. The van der Waals surface area contributed by atoms with Crippen LogP contribution >= 0.6 is 0 Å². The van der Waals surface area contributed by atoms with Crippen molar-refractivity contribution in [2.45, 2.75) is 50.5 Å². The van der Waals surface area contributed by atoms with Gasteiger partial charge < -0.3 is 0 Å². The van der Waals surface area contributed by atoms with Crippen LogP contribution in [0.1, 0.15) is 56.0 Å².